The first-order valence-electron chi connectivity index (χ1n) is 13.2. The van der Waals surface area contributed by atoms with Gasteiger partial charge in [-0.3, -0.25) is 29.8 Å². The molecular weight excluding hydrogens is 560 g/mol. The molecule has 6 rings (SSSR count). The highest BCUT2D eigenvalue weighted by molar-refractivity contribution is 8.15. The van der Waals surface area contributed by atoms with Crippen LogP contribution >= 0.6 is 11.8 Å². The summed E-state index contributed by atoms with van der Waals surface area (Å²) in [6.07, 6.45) is -0.937. The van der Waals surface area contributed by atoms with Crippen LogP contribution in [0.15, 0.2) is 71.1 Å². The second kappa shape index (κ2) is 10.8. The Morgan fingerprint density at radius 3 is 2.50 bits per heavy atom. The summed E-state index contributed by atoms with van der Waals surface area (Å²) >= 11 is 0.891. The normalized spacial score (nSPS) is 15.8. The monoisotopic (exact) mass is 584 g/mol. The zero-order valence-corrected chi connectivity index (χ0v) is 23.3. The maximum atomic E-state index is 13.9. The van der Waals surface area contributed by atoms with Crippen LogP contribution in [0.1, 0.15) is 19.4 Å². The van der Waals surface area contributed by atoms with Crippen molar-refractivity contribution in [3.63, 3.8) is 0 Å². The minimum Gasteiger partial charge on any atom is -0.451 e. The van der Waals surface area contributed by atoms with Crippen LogP contribution < -0.4 is 15.4 Å². The number of ether oxygens (including phenoxy) is 1. The number of thioether (sulfide) groups is 1. The van der Waals surface area contributed by atoms with Gasteiger partial charge in [-0.05, 0) is 24.1 Å². The van der Waals surface area contributed by atoms with Crippen LogP contribution in [0.3, 0.4) is 0 Å². The fourth-order valence-corrected chi connectivity index (χ4v) is 5.92. The summed E-state index contributed by atoms with van der Waals surface area (Å²) < 4.78 is 12.3. The molecular formula is C30H24N4O7S. The van der Waals surface area contributed by atoms with Crippen LogP contribution in [0.5, 0.6) is 5.95 Å². The van der Waals surface area contributed by atoms with Gasteiger partial charge < -0.3 is 14.5 Å². The minimum absolute atomic E-state index is 0.0632. The Labute approximate surface area is 242 Å². The number of nitro groups is 1. The molecule has 2 N–H and O–H groups in total. The van der Waals surface area contributed by atoms with E-state index in [1.807, 2.05) is 12.1 Å². The Hall–Kier alpha value is -4.97. The number of rotatable bonds is 8. The SMILES string of the molecule is CC(C)C(Oc1oc2ccccc2c1CC1SC(=O)NC1=O)C(=O)Nc1c2ccccc2nc2cccc([N+](=O)[O-])c12. The van der Waals surface area contributed by atoms with Crippen LogP contribution in [0.2, 0.25) is 0 Å². The van der Waals surface area contributed by atoms with Gasteiger partial charge in [-0.2, -0.15) is 0 Å². The van der Waals surface area contributed by atoms with Crippen molar-refractivity contribution in [1.82, 2.24) is 10.3 Å². The molecule has 12 heteroatoms. The van der Waals surface area contributed by atoms with E-state index in [1.54, 1.807) is 62.4 Å². The number of nitrogens with zero attached hydrogens (tertiary/aromatic N) is 2. The van der Waals surface area contributed by atoms with Gasteiger partial charge in [0.05, 0.1) is 26.9 Å². The van der Waals surface area contributed by atoms with E-state index >= 15 is 0 Å². The standard InChI is InChI=1S/C30H24N4O7S/c1-15(2)26(41-29-18(14-23-27(35)33-30(37)42-23)16-8-4-6-13-22(16)40-29)28(36)32-25-17-9-3-5-10-19(17)31-20-11-7-12-21(24(20)25)34(38)39/h3-13,15,23,26H,14H2,1-2H3,(H,31,32,36)(H,33,35,37). The van der Waals surface area contributed by atoms with Gasteiger partial charge in [0.2, 0.25) is 5.91 Å². The molecule has 0 aliphatic carbocycles. The second-order valence-electron chi connectivity index (χ2n) is 10.2. The number of pyridine rings is 1. The maximum Gasteiger partial charge on any atom is 0.289 e. The molecule has 2 atom stereocenters. The number of carbonyl (C=O) groups excluding carboxylic acids is 3. The Bertz CT molecular complexity index is 1920. The molecule has 1 fully saturated rings. The molecule has 0 bridgehead atoms. The summed E-state index contributed by atoms with van der Waals surface area (Å²) in [5, 5.41) is 17.5. The van der Waals surface area contributed by atoms with Gasteiger partial charge in [-0.15, -0.1) is 0 Å². The van der Waals surface area contributed by atoms with E-state index in [1.165, 1.54) is 6.07 Å². The number of hydrogen-bond donors (Lipinski definition) is 2. The summed E-state index contributed by atoms with van der Waals surface area (Å²) in [6.45, 7) is 3.60. The van der Waals surface area contributed by atoms with Gasteiger partial charge in [-0.25, -0.2) is 4.98 Å². The molecule has 2 aromatic heterocycles. The molecule has 2 unspecified atom stereocenters. The number of benzene rings is 3. The van der Waals surface area contributed by atoms with Crippen molar-refractivity contribution in [2.45, 2.75) is 31.6 Å². The van der Waals surface area contributed by atoms with Crippen LogP contribution in [-0.2, 0) is 16.0 Å². The number of fused-ring (bicyclic) bond motifs is 3. The lowest BCUT2D eigenvalue weighted by Gasteiger charge is -2.22. The molecule has 3 aromatic carbocycles. The number of nitrogens with one attached hydrogen (secondary N) is 2. The molecule has 212 valence electrons. The molecule has 0 radical (unpaired) electrons. The highest BCUT2D eigenvalue weighted by Gasteiger charge is 2.35. The molecule has 0 spiro atoms. The number of carbonyl (C=O) groups is 3. The lowest BCUT2D eigenvalue weighted by atomic mass is 10.0. The summed E-state index contributed by atoms with van der Waals surface area (Å²) in [5.74, 6) is -1.24. The van der Waals surface area contributed by atoms with Crippen LogP contribution in [-0.4, -0.2) is 38.3 Å². The number of anilines is 1. The maximum absolute atomic E-state index is 13.9. The summed E-state index contributed by atoms with van der Waals surface area (Å²) in [6, 6.07) is 18.8. The zero-order valence-electron chi connectivity index (χ0n) is 22.5. The minimum atomic E-state index is -1.08. The predicted molar refractivity (Wildman–Crippen MR) is 159 cm³/mol. The van der Waals surface area contributed by atoms with E-state index in [2.05, 4.69) is 15.6 Å². The van der Waals surface area contributed by atoms with E-state index in [9.17, 15) is 24.5 Å². The van der Waals surface area contributed by atoms with Crippen molar-refractivity contribution in [2.24, 2.45) is 5.92 Å². The number of para-hydroxylation sites is 2. The van der Waals surface area contributed by atoms with Crippen molar-refractivity contribution in [3.8, 4) is 5.95 Å². The third-order valence-corrected chi connectivity index (χ3v) is 8.03. The first-order valence-corrected chi connectivity index (χ1v) is 14.0. The van der Waals surface area contributed by atoms with Gasteiger partial charge in [0, 0.05) is 28.8 Å². The Balaban J connectivity index is 1.40. The first-order chi connectivity index (χ1) is 20.2. The highest BCUT2D eigenvalue weighted by atomic mass is 32.2. The summed E-state index contributed by atoms with van der Waals surface area (Å²) in [7, 11) is 0. The smallest absolute Gasteiger partial charge is 0.289 e. The van der Waals surface area contributed by atoms with Crippen molar-refractivity contribution < 1.29 is 28.5 Å². The average Bonchev–Trinajstić information content (AvgIpc) is 3.48. The van der Waals surface area contributed by atoms with Crippen molar-refractivity contribution in [1.29, 1.82) is 0 Å². The van der Waals surface area contributed by atoms with Gasteiger partial charge in [0.25, 0.3) is 22.8 Å². The van der Waals surface area contributed by atoms with Gasteiger partial charge in [0.1, 0.15) is 11.0 Å². The third-order valence-electron chi connectivity index (χ3n) is 7.05. The van der Waals surface area contributed by atoms with Crippen molar-refractivity contribution >= 4 is 73.0 Å². The molecule has 5 aromatic rings. The number of non-ortho nitro benzene ring substituents is 1. The average molecular weight is 585 g/mol. The van der Waals surface area contributed by atoms with Crippen LogP contribution in [0.25, 0.3) is 32.8 Å². The lowest BCUT2D eigenvalue weighted by Crippen LogP contribution is -2.37. The Kier molecular flexibility index (Phi) is 6.99. The van der Waals surface area contributed by atoms with E-state index in [0.717, 1.165) is 11.8 Å². The predicted octanol–water partition coefficient (Wildman–Crippen LogP) is 5.98. The molecule has 1 aliphatic rings. The fraction of sp³-hybridized carbons (Fsp3) is 0.200. The Morgan fingerprint density at radius 1 is 1.07 bits per heavy atom. The van der Waals surface area contributed by atoms with Crippen LogP contribution in [0.4, 0.5) is 16.2 Å². The molecule has 3 heterocycles. The van der Waals surface area contributed by atoms with Crippen molar-refractivity contribution in [2.75, 3.05) is 5.32 Å². The van der Waals surface area contributed by atoms with Crippen LogP contribution in [0, 0.1) is 16.0 Å². The third kappa shape index (κ3) is 4.90. The number of nitro benzene ring substituents is 1. The zero-order chi connectivity index (χ0) is 29.5. The number of furan rings is 1. The topological polar surface area (TPSA) is 154 Å². The second-order valence-corrected chi connectivity index (χ2v) is 11.3. The van der Waals surface area contributed by atoms with E-state index in [4.69, 9.17) is 9.15 Å². The highest BCUT2D eigenvalue weighted by Crippen LogP contribution is 2.39. The number of amides is 3. The molecule has 11 nitrogen and oxygen atoms in total. The first kappa shape index (κ1) is 27.2. The largest absolute Gasteiger partial charge is 0.451 e. The summed E-state index contributed by atoms with van der Waals surface area (Å²) in [4.78, 5) is 54.1. The van der Waals surface area contributed by atoms with Gasteiger partial charge in [0.15, 0.2) is 6.10 Å². The van der Waals surface area contributed by atoms with E-state index in [-0.39, 0.29) is 35.0 Å². The molecule has 42 heavy (non-hydrogen) atoms. The molecule has 3 amide bonds. The number of imide groups is 1. The lowest BCUT2D eigenvalue weighted by molar-refractivity contribution is -0.383. The molecule has 1 aliphatic heterocycles. The van der Waals surface area contributed by atoms with E-state index < -0.39 is 33.3 Å². The Morgan fingerprint density at radius 2 is 1.79 bits per heavy atom. The number of hydrogen-bond acceptors (Lipinski definition) is 9. The quantitative estimate of drug-likeness (QED) is 0.127. The molecule has 1 saturated heterocycles. The summed E-state index contributed by atoms with van der Waals surface area (Å²) in [5.41, 5.74) is 2.05. The van der Waals surface area contributed by atoms with E-state index in [0.29, 0.717) is 33.0 Å². The molecule has 0 saturated carbocycles. The number of aromatic nitrogens is 1. The van der Waals surface area contributed by atoms with Gasteiger partial charge in [-0.1, -0.05) is 68.1 Å². The van der Waals surface area contributed by atoms with Crippen molar-refractivity contribution in [3.05, 3.63) is 82.4 Å². The fourth-order valence-electron chi connectivity index (χ4n) is 5.09. The van der Waals surface area contributed by atoms with Gasteiger partial charge >= 0.3 is 0 Å².